The zero-order chi connectivity index (χ0) is 14.5. The molecule has 1 aromatic rings. The molecule has 0 bridgehead atoms. The summed E-state index contributed by atoms with van der Waals surface area (Å²) in [7, 11) is 0. The van der Waals surface area contributed by atoms with Crippen LogP contribution in [0.5, 0.6) is 0 Å². The first-order valence-electron chi connectivity index (χ1n) is 7.49. The molecular formula is C16H24F2N2. The number of hydrogen-bond donors (Lipinski definition) is 1. The molecule has 1 aliphatic heterocycles. The first-order chi connectivity index (χ1) is 9.60. The van der Waals surface area contributed by atoms with Crippen LogP contribution in [0.25, 0.3) is 0 Å². The van der Waals surface area contributed by atoms with Crippen LogP contribution in [0.4, 0.5) is 8.78 Å². The van der Waals surface area contributed by atoms with Crippen molar-refractivity contribution in [3.63, 3.8) is 0 Å². The molecule has 1 fully saturated rings. The number of rotatable bonds is 5. The molecule has 2 rings (SSSR count). The summed E-state index contributed by atoms with van der Waals surface area (Å²) >= 11 is 0. The molecule has 0 aromatic heterocycles. The number of likely N-dealkylation sites (tertiary alicyclic amines) is 1. The van der Waals surface area contributed by atoms with E-state index in [0.29, 0.717) is 18.5 Å². The van der Waals surface area contributed by atoms with Gasteiger partial charge in [-0.05, 0) is 63.0 Å². The van der Waals surface area contributed by atoms with Crippen molar-refractivity contribution in [3.8, 4) is 0 Å². The van der Waals surface area contributed by atoms with Gasteiger partial charge in [0.25, 0.3) is 0 Å². The molecule has 20 heavy (non-hydrogen) atoms. The van der Waals surface area contributed by atoms with E-state index in [9.17, 15) is 8.78 Å². The maximum absolute atomic E-state index is 13.1. The Kier molecular flexibility index (Phi) is 5.49. The topological polar surface area (TPSA) is 15.3 Å². The van der Waals surface area contributed by atoms with Crippen LogP contribution in [0.15, 0.2) is 18.2 Å². The summed E-state index contributed by atoms with van der Waals surface area (Å²) in [6.45, 7) is 8.43. The van der Waals surface area contributed by atoms with Gasteiger partial charge in [-0.2, -0.15) is 0 Å². The van der Waals surface area contributed by atoms with Crippen molar-refractivity contribution < 1.29 is 8.78 Å². The predicted octanol–water partition coefficient (Wildman–Crippen LogP) is 3.17. The number of halogens is 2. The van der Waals surface area contributed by atoms with E-state index in [1.807, 2.05) is 0 Å². The normalized spacial score (nSPS) is 19.2. The van der Waals surface area contributed by atoms with Crippen LogP contribution in [-0.2, 0) is 6.54 Å². The standard InChI is InChI=1S/C16H24F2N2/c1-3-20-8-6-14(7-9-20)12(2)19-11-13-4-5-15(17)16(18)10-13/h4-5,10,12,14,19H,3,6-9,11H2,1-2H3. The van der Waals surface area contributed by atoms with Gasteiger partial charge in [-0.1, -0.05) is 13.0 Å². The monoisotopic (exact) mass is 282 g/mol. The smallest absolute Gasteiger partial charge is 0.159 e. The van der Waals surface area contributed by atoms with Crippen molar-refractivity contribution in [1.29, 1.82) is 0 Å². The maximum Gasteiger partial charge on any atom is 0.159 e. The van der Waals surface area contributed by atoms with Gasteiger partial charge in [0.15, 0.2) is 11.6 Å². The van der Waals surface area contributed by atoms with Gasteiger partial charge >= 0.3 is 0 Å². The second-order valence-corrected chi connectivity index (χ2v) is 5.69. The highest BCUT2D eigenvalue weighted by Gasteiger charge is 2.22. The van der Waals surface area contributed by atoms with Gasteiger partial charge in [0, 0.05) is 12.6 Å². The Morgan fingerprint density at radius 3 is 2.55 bits per heavy atom. The average molecular weight is 282 g/mol. The number of nitrogens with one attached hydrogen (secondary N) is 1. The zero-order valence-corrected chi connectivity index (χ0v) is 12.3. The molecule has 0 aliphatic carbocycles. The van der Waals surface area contributed by atoms with Gasteiger partial charge in [0.05, 0.1) is 0 Å². The fourth-order valence-corrected chi connectivity index (χ4v) is 2.86. The second-order valence-electron chi connectivity index (χ2n) is 5.69. The Bertz CT molecular complexity index is 428. The molecule has 1 atom stereocenters. The van der Waals surface area contributed by atoms with Crippen molar-refractivity contribution >= 4 is 0 Å². The SMILES string of the molecule is CCN1CCC(C(C)NCc2ccc(F)c(F)c2)CC1. The fraction of sp³-hybridized carbons (Fsp3) is 0.625. The summed E-state index contributed by atoms with van der Waals surface area (Å²) < 4.78 is 26.0. The van der Waals surface area contributed by atoms with Gasteiger partial charge in [0.1, 0.15) is 0 Å². The van der Waals surface area contributed by atoms with Crippen LogP contribution in [0, 0.1) is 17.6 Å². The van der Waals surface area contributed by atoms with E-state index in [-0.39, 0.29) is 0 Å². The first-order valence-corrected chi connectivity index (χ1v) is 7.49. The van der Waals surface area contributed by atoms with Crippen molar-refractivity contribution in [3.05, 3.63) is 35.4 Å². The van der Waals surface area contributed by atoms with Crippen molar-refractivity contribution in [1.82, 2.24) is 10.2 Å². The van der Waals surface area contributed by atoms with Gasteiger partial charge < -0.3 is 10.2 Å². The Labute approximate surface area is 120 Å². The molecule has 1 heterocycles. The Hall–Kier alpha value is -1.00. The first kappa shape index (κ1) is 15.4. The van der Waals surface area contributed by atoms with Crippen molar-refractivity contribution in [2.45, 2.75) is 39.3 Å². The molecule has 1 N–H and O–H groups in total. The molecule has 0 radical (unpaired) electrons. The van der Waals surface area contributed by atoms with E-state index in [2.05, 4.69) is 24.1 Å². The van der Waals surface area contributed by atoms with Crippen molar-refractivity contribution in [2.24, 2.45) is 5.92 Å². The summed E-state index contributed by atoms with van der Waals surface area (Å²) in [5, 5.41) is 3.44. The van der Waals surface area contributed by atoms with Gasteiger partial charge in [-0.3, -0.25) is 0 Å². The minimum absolute atomic E-state index is 0.405. The van der Waals surface area contributed by atoms with Crippen LogP contribution in [0.3, 0.4) is 0 Å². The third-order valence-corrected chi connectivity index (χ3v) is 4.40. The molecule has 1 unspecified atom stereocenters. The lowest BCUT2D eigenvalue weighted by Gasteiger charge is -2.34. The highest BCUT2D eigenvalue weighted by molar-refractivity contribution is 5.17. The fourth-order valence-electron chi connectivity index (χ4n) is 2.86. The third kappa shape index (κ3) is 4.00. The summed E-state index contributed by atoms with van der Waals surface area (Å²) in [6.07, 6.45) is 2.42. The lowest BCUT2D eigenvalue weighted by atomic mass is 9.90. The summed E-state index contributed by atoms with van der Waals surface area (Å²) in [4.78, 5) is 2.47. The molecule has 1 saturated heterocycles. The summed E-state index contributed by atoms with van der Waals surface area (Å²) in [6, 6.07) is 4.51. The quantitative estimate of drug-likeness (QED) is 0.892. The number of hydrogen-bond acceptors (Lipinski definition) is 2. The molecule has 0 amide bonds. The van der Waals surface area contributed by atoms with E-state index in [1.54, 1.807) is 6.07 Å². The summed E-state index contributed by atoms with van der Waals surface area (Å²) in [5.41, 5.74) is 0.793. The number of nitrogens with zero attached hydrogens (tertiary/aromatic N) is 1. The number of benzene rings is 1. The molecule has 0 saturated carbocycles. The zero-order valence-electron chi connectivity index (χ0n) is 12.3. The Morgan fingerprint density at radius 1 is 1.25 bits per heavy atom. The van der Waals surface area contributed by atoms with Gasteiger partial charge in [-0.25, -0.2) is 8.78 Å². The van der Waals surface area contributed by atoms with E-state index in [4.69, 9.17) is 0 Å². The molecule has 1 aliphatic rings. The van der Waals surface area contributed by atoms with E-state index < -0.39 is 11.6 Å². The Morgan fingerprint density at radius 2 is 1.95 bits per heavy atom. The van der Waals surface area contributed by atoms with Crippen LogP contribution in [-0.4, -0.2) is 30.6 Å². The van der Waals surface area contributed by atoms with E-state index in [1.165, 1.54) is 38.1 Å². The lowest BCUT2D eigenvalue weighted by molar-refractivity contribution is 0.168. The van der Waals surface area contributed by atoms with Gasteiger partial charge in [0.2, 0.25) is 0 Å². The maximum atomic E-state index is 13.1. The van der Waals surface area contributed by atoms with Crippen LogP contribution < -0.4 is 5.32 Å². The molecule has 112 valence electrons. The largest absolute Gasteiger partial charge is 0.310 e. The number of piperidine rings is 1. The van der Waals surface area contributed by atoms with Crippen LogP contribution in [0.2, 0.25) is 0 Å². The second kappa shape index (κ2) is 7.14. The van der Waals surface area contributed by atoms with Crippen LogP contribution in [0.1, 0.15) is 32.3 Å². The lowest BCUT2D eigenvalue weighted by Crippen LogP contribution is -2.41. The van der Waals surface area contributed by atoms with Crippen molar-refractivity contribution in [2.75, 3.05) is 19.6 Å². The molecule has 0 spiro atoms. The summed E-state index contributed by atoms with van der Waals surface area (Å²) in [5.74, 6) is -0.884. The molecule has 2 nitrogen and oxygen atoms in total. The Balaban J connectivity index is 1.80. The van der Waals surface area contributed by atoms with Gasteiger partial charge in [-0.15, -0.1) is 0 Å². The molecule has 1 aromatic carbocycles. The third-order valence-electron chi connectivity index (χ3n) is 4.40. The molecular weight excluding hydrogens is 258 g/mol. The minimum Gasteiger partial charge on any atom is -0.310 e. The van der Waals surface area contributed by atoms with E-state index >= 15 is 0 Å². The highest BCUT2D eigenvalue weighted by Crippen LogP contribution is 2.20. The van der Waals surface area contributed by atoms with Crippen LogP contribution >= 0.6 is 0 Å². The highest BCUT2D eigenvalue weighted by atomic mass is 19.2. The minimum atomic E-state index is -0.784. The molecule has 4 heteroatoms. The predicted molar refractivity (Wildman–Crippen MR) is 77.5 cm³/mol. The average Bonchev–Trinajstić information content (AvgIpc) is 2.48. The van der Waals surface area contributed by atoms with E-state index in [0.717, 1.165) is 12.1 Å².